The van der Waals surface area contributed by atoms with E-state index in [0.717, 1.165) is 17.6 Å². The molecule has 0 aliphatic carbocycles. The van der Waals surface area contributed by atoms with E-state index < -0.39 is 0 Å². The monoisotopic (exact) mass is 249 g/mol. The van der Waals surface area contributed by atoms with Crippen LogP contribution in [0.3, 0.4) is 0 Å². The van der Waals surface area contributed by atoms with Crippen molar-refractivity contribution in [1.82, 2.24) is 0 Å². The molecule has 2 rings (SSSR count). The van der Waals surface area contributed by atoms with E-state index in [1.807, 2.05) is 37.3 Å². The second-order valence-corrected chi connectivity index (χ2v) is 4.76. The lowest BCUT2D eigenvalue weighted by molar-refractivity contribution is 1.20. The first kappa shape index (κ1) is 13.3. The van der Waals surface area contributed by atoms with Gasteiger partial charge in [-0.15, -0.1) is 0 Å². The van der Waals surface area contributed by atoms with Crippen molar-refractivity contribution in [3.63, 3.8) is 0 Å². The highest BCUT2D eigenvalue weighted by molar-refractivity contribution is 6.10. The molecule has 0 aromatic heterocycles. The summed E-state index contributed by atoms with van der Waals surface area (Å²) in [6.07, 6.45) is 3.02. The largest absolute Gasteiger partial charge is 0.300 e. The summed E-state index contributed by atoms with van der Waals surface area (Å²) in [5, 5.41) is 8.19. The third kappa shape index (κ3) is 3.41. The lowest BCUT2D eigenvalue weighted by Crippen LogP contribution is -2.01. The number of aryl methyl sites for hydroxylation is 1. The fourth-order valence-corrected chi connectivity index (χ4v) is 2.04. The van der Waals surface area contributed by atoms with Gasteiger partial charge in [0, 0.05) is 0 Å². The first-order valence-electron chi connectivity index (χ1n) is 6.54. The van der Waals surface area contributed by atoms with Crippen molar-refractivity contribution in [2.75, 3.05) is 0 Å². The van der Waals surface area contributed by atoms with Crippen LogP contribution in [0.15, 0.2) is 66.2 Å². The zero-order valence-corrected chi connectivity index (χ0v) is 11.5. The second-order valence-electron chi connectivity index (χ2n) is 4.76. The van der Waals surface area contributed by atoms with Crippen LogP contribution in [0.25, 0.3) is 0 Å². The number of hydrogen-bond donors (Lipinski definition) is 1. The van der Waals surface area contributed by atoms with Crippen LogP contribution in [0.2, 0.25) is 0 Å². The number of allylic oxidation sites excluding steroid dienone is 2. The Labute approximate surface area is 115 Å². The van der Waals surface area contributed by atoms with E-state index in [4.69, 9.17) is 5.41 Å². The van der Waals surface area contributed by atoms with E-state index in [1.54, 1.807) is 0 Å². The summed E-state index contributed by atoms with van der Waals surface area (Å²) in [4.78, 5) is 0. The summed E-state index contributed by atoms with van der Waals surface area (Å²) >= 11 is 0. The fourth-order valence-electron chi connectivity index (χ4n) is 2.04. The van der Waals surface area contributed by atoms with Crippen molar-refractivity contribution >= 4 is 5.71 Å². The first-order valence-corrected chi connectivity index (χ1v) is 6.54. The Balaban J connectivity index is 2.12. The summed E-state index contributed by atoms with van der Waals surface area (Å²) in [7, 11) is 0. The van der Waals surface area contributed by atoms with Gasteiger partial charge in [0.15, 0.2) is 0 Å². The Hall–Kier alpha value is -2.15. The molecule has 0 saturated carbocycles. The van der Waals surface area contributed by atoms with Crippen molar-refractivity contribution in [2.24, 2.45) is 0 Å². The van der Waals surface area contributed by atoms with Gasteiger partial charge in [-0.3, -0.25) is 0 Å². The van der Waals surface area contributed by atoms with E-state index in [0.29, 0.717) is 5.71 Å². The van der Waals surface area contributed by atoms with Gasteiger partial charge < -0.3 is 5.41 Å². The van der Waals surface area contributed by atoms with E-state index in [2.05, 4.69) is 37.3 Å². The molecular weight excluding hydrogens is 230 g/mol. The Morgan fingerprint density at radius 2 is 1.63 bits per heavy atom. The van der Waals surface area contributed by atoms with E-state index in [9.17, 15) is 0 Å². The quantitative estimate of drug-likeness (QED) is 0.768. The third-order valence-corrected chi connectivity index (χ3v) is 3.35. The van der Waals surface area contributed by atoms with Crippen LogP contribution < -0.4 is 0 Å². The summed E-state index contributed by atoms with van der Waals surface area (Å²) < 4.78 is 0. The van der Waals surface area contributed by atoms with Gasteiger partial charge in [0.05, 0.1) is 5.71 Å². The lowest BCUT2D eigenvalue weighted by Gasteiger charge is -2.06. The highest BCUT2D eigenvalue weighted by Crippen LogP contribution is 2.12. The molecule has 0 heterocycles. The van der Waals surface area contributed by atoms with Gasteiger partial charge in [0.25, 0.3) is 0 Å². The maximum atomic E-state index is 8.19. The molecule has 1 nitrogen and oxygen atoms in total. The van der Waals surface area contributed by atoms with Gasteiger partial charge in [0.1, 0.15) is 0 Å². The topological polar surface area (TPSA) is 23.9 Å². The molecule has 0 spiro atoms. The van der Waals surface area contributed by atoms with Gasteiger partial charge in [-0.1, -0.05) is 60.7 Å². The van der Waals surface area contributed by atoms with Crippen molar-refractivity contribution in [3.8, 4) is 0 Å². The predicted molar refractivity (Wildman–Crippen MR) is 81.9 cm³/mol. The van der Waals surface area contributed by atoms with E-state index >= 15 is 0 Å². The van der Waals surface area contributed by atoms with Gasteiger partial charge in [-0.05, 0) is 42.5 Å². The van der Waals surface area contributed by atoms with Gasteiger partial charge in [0.2, 0.25) is 0 Å². The van der Waals surface area contributed by atoms with Crippen LogP contribution in [-0.2, 0) is 6.42 Å². The Morgan fingerprint density at radius 1 is 1.00 bits per heavy atom. The van der Waals surface area contributed by atoms with Crippen LogP contribution in [0.1, 0.15) is 23.6 Å². The molecule has 0 aliphatic heterocycles. The molecule has 0 atom stereocenters. The minimum atomic E-state index is 0.606. The SMILES string of the molecule is C/C(=C/Cc1ccccc1C)C(=N)c1ccccc1. The second kappa shape index (κ2) is 6.14. The van der Waals surface area contributed by atoms with Crippen molar-refractivity contribution in [2.45, 2.75) is 20.3 Å². The fraction of sp³-hybridized carbons (Fsp3) is 0.167. The minimum absolute atomic E-state index is 0.606. The number of nitrogens with one attached hydrogen (secondary N) is 1. The van der Waals surface area contributed by atoms with Crippen LogP contribution in [0.4, 0.5) is 0 Å². The Bertz CT molecular complexity index is 594. The van der Waals surface area contributed by atoms with Crippen LogP contribution in [-0.4, -0.2) is 5.71 Å². The summed E-state index contributed by atoms with van der Waals surface area (Å²) in [5.41, 5.74) is 5.23. The average Bonchev–Trinajstić information content (AvgIpc) is 2.46. The maximum absolute atomic E-state index is 8.19. The molecular formula is C18H19N. The van der Waals surface area contributed by atoms with Crippen molar-refractivity contribution in [3.05, 3.63) is 82.9 Å². The molecule has 1 N–H and O–H groups in total. The zero-order valence-electron chi connectivity index (χ0n) is 11.5. The lowest BCUT2D eigenvalue weighted by atomic mass is 10.00. The van der Waals surface area contributed by atoms with E-state index in [1.165, 1.54) is 11.1 Å². The molecule has 2 aromatic rings. The summed E-state index contributed by atoms with van der Waals surface area (Å²) in [5.74, 6) is 0. The Kier molecular flexibility index (Phi) is 4.30. The standard InChI is InChI=1S/C18H19N/c1-14-8-6-7-9-16(14)13-12-15(2)18(19)17-10-4-3-5-11-17/h3-12,19H,13H2,1-2H3/b15-12-,19-18?. The smallest absolute Gasteiger partial charge is 0.0638 e. The minimum Gasteiger partial charge on any atom is -0.300 e. The molecule has 0 saturated heterocycles. The molecule has 96 valence electrons. The molecule has 0 unspecified atom stereocenters. The Morgan fingerprint density at radius 3 is 2.32 bits per heavy atom. The highest BCUT2D eigenvalue weighted by atomic mass is 14.4. The van der Waals surface area contributed by atoms with Gasteiger partial charge in [-0.2, -0.15) is 0 Å². The van der Waals surface area contributed by atoms with E-state index in [-0.39, 0.29) is 0 Å². The molecule has 0 bridgehead atoms. The molecule has 2 aromatic carbocycles. The van der Waals surface area contributed by atoms with Gasteiger partial charge in [-0.25, -0.2) is 0 Å². The van der Waals surface area contributed by atoms with Crippen LogP contribution in [0, 0.1) is 12.3 Å². The number of benzene rings is 2. The zero-order chi connectivity index (χ0) is 13.7. The predicted octanol–water partition coefficient (Wildman–Crippen LogP) is 4.55. The molecule has 1 heteroatoms. The first-order chi connectivity index (χ1) is 9.18. The van der Waals surface area contributed by atoms with Crippen molar-refractivity contribution < 1.29 is 0 Å². The number of hydrogen-bond acceptors (Lipinski definition) is 1. The molecule has 19 heavy (non-hydrogen) atoms. The molecule has 0 aliphatic rings. The summed E-state index contributed by atoms with van der Waals surface area (Å²) in [6, 6.07) is 18.3. The third-order valence-electron chi connectivity index (χ3n) is 3.35. The summed E-state index contributed by atoms with van der Waals surface area (Å²) in [6.45, 7) is 4.13. The van der Waals surface area contributed by atoms with Crippen molar-refractivity contribution in [1.29, 1.82) is 5.41 Å². The van der Waals surface area contributed by atoms with Crippen LogP contribution >= 0.6 is 0 Å². The van der Waals surface area contributed by atoms with Crippen LogP contribution in [0.5, 0.6) is 0 Å². The maximum Gasteiger partial charge on any atom is 0.0638 e. The van der Waals surface area contributed by atoms with Gasteiger partial charge >= 0.3 is 0 Å². The highest BCUT2D eigenvalue weighted by Gasteiger charge is 2.03. The number of rotatable bonds is 4. The molecule has 0 amide bonds. The molecule has 0 radical (unpaired) electrons. The average molecular weight is 249 g/mol. The molecule has 0 fully saturated rings. The normalized spacial score (nSPS) is 11.4.